The first-order valence-electron chi connectivity index (χ1n) is 7.72. The summed E-state index contributed by atoms with van der Waals surface area (Å²) in [6, 6.07) is 5.61. The number of carbonyl (C=O) groups is 2. The first-order valence-corrected chi connectivity index (χ1v) is 8.54. The highest BCUT2D eigenvalue weighted by Gasteiger charge is 2.09. The Labute approximate surface area is 137 Å². The fourth-order valence-corrected chi connectivity index (χ4v) is 2.30. The van der Waals surface area contributed by atoms with Gasteiger partial charge in [0.25, 0.3) is 0 Å². The number of hydrogen-bond donors (Lipinski definition) is 1. The van der Waals surface area contributed by atoms with Crippen LogP contribution < -0.4 is 0 Å². The van der Waals surface area contributed by atoms with Gasteiger partial charge >= 0.3 is 5.97 Å². The zero-order valence-corrected chi connectivity index (χ0v) is 14.7. The minimum Gasteiger partial charge on any atom is -0.481 e. The van der Waals surface area contributed by atoms with Gasteiger partial charge in [-0.1, -0.05) is 46.6 Å². The summed E-state index contributed by atoms with van der Waals surface area (Å²) in [5.41, 5.74) is 0. The predicted molar refractivity (Wildman–Crippen MR) is 90.9 cm³/mol. The third-order valence-corrected chi connectivity index (χ3v) is 4.13. The Balaban J connectivity index is 0.000000472. The van der Waals surface area contributed by atoms with Gasteiger partial charge in [0.05, 0.1) is 0 Å². The van der Waals surface area contributed by atoms with Crippen LogP contribution in [0.4, 0.5) is 0 Å². The fraction of sp³-hybridized carbons (Fsp3) is 0.588. The Hall–Kier alpha value is -1.36. The van der Waals surface area contributed by atoms with Crippen LogP contribution in [0.5, 0.6) is 0 Å². The van der Waals surface area contributed by atoms with Crippen molar-refractivity contribution in [3.8, 4) is 0 Å². The van der Waals surface area contributed by atoms with E-state index >= 15 is 0 Å². The summed E-state index contributed by atoms with van der Waals surface area (Å²) in [5.74, 6) is 0.102. The second-order valence-corrected chi connectivity index (χ2v) is 6.55. The van der Waals surface area contributed by atoms with Crippen molar-refractivity contribution in [2.24, 2.45) is 11.8 Å². The standard InChI is InChI=1S/C11H15NOS.C6H12O2/c1-3-9(2)8-11(13)14-10-6-4-5-7-12-10;1-3-5(2)4-6(7)8/h4-7,9H,3,8H2,1-2H3;5H,3-4H2,1-2H3,(H,7,8)/t9-;5-/m00/s1. The number of rotatable bonds is 7. The summed E-state index contributed by atoms with van der Waals surface area (Å²) in [7, 11) is 0. The molecule has 0 unspecified atom stereocenters. The van der Waals surface area contributed by atoms with E-state index in [1.54, 1.807) is 6.20 Å². The number of aliphatic carboxylic acids is 1. The molecule has 0 aromatic carbocycles. The van der Waals surface area contributed by atoms with E-state index in [1.807, 2.05) is 32.0 Å². The van der Waals surface area contributed by atoms with Gasteiger partial charge in [0.1, 0.15) is 5.03 Å². The van der Waals surface area contributed by atoms with E-state index in [-0.39, 0.29) is 5.12 Å². The first kappa shape index (κ1) is 20.6. The molecule has 5 heteroatoms. The van der Waals surface area contributed by atoms with Crippen molar-refractivity contribution >= 4 is 22.8 Å². The molecule has 2 atom stereocenters. The van der Waals surface area contributed by atoms with E-state index in [4.69, 9.17) is 5.11 Å². The lowest BCUT2D eigenvalue weighted by Gasteiger charge is -2.05. The highest BCUT2D eigenvalue weighted by atomic mass is 32.2. The number of nitrogens with zero attached hydrogens (tertiary/aromatic N) is 1. The lowest BCUT2D eigenvalue weighted by molar-refractivity contribution is -0.138. The summed E-state index contributed by atoms with van der Waals surface area (Å²) < 4.78 is 0. The summed E-state index contributed by atoms with van der Waals surface area (Å²) in [5, 5.41) is 9.21. The van der Waals surface area contributed by atoms with Crippen LogP contribution in [0, 0.1) is 11.8 Å². The van der Waals surface area contributed by atoms with Gasteiger partial charge in [-0.3, -0.25) is 9.59 Å². The molecule has 0 bridgehead atoms. The average Bonchev–Trinajstić information content (AvgIpc) is 2.47. The predicted octanol–water partition coefficient (Wildman–Crippen LogP) is 4.64. The molecule has 0 saturated heterocycles. The van der Waals surface area contributed by atoms with E-state index in [2.05, 4.69) is 18.8 Å². The average molecular weight is 325 g/mol. The van der Waals surface area contributed by atoms with Gasteiger partial charge in [-0.15, -0.1) is 0 Å². The first-order chi connectivity index (χ1) is 10.4. The van der Waals surface area contributed by atoms with Crippen LogP contribution in [0.15, 0.2) is 29.4 Å². The molecule has 22 heavy (non-hydrogen) atoms. The molecule has 4 nitrogen and oxygen atoms in total. The molecule has 124 valence electrons. The largest absolute Gasteiger partial charge is 0.481 e. The normalized spacial score (nSPS) is 12.7. The van der Waals surface area contributed by atoms with E-state index in [1.165, 1.54) is 11.8 Å². The van der Waals surface area contributed by atoms with Gasteiger partial charge in [-0.05, 0) is 35.7 Å². The maximum atomic E-state index is 11.5. The number of pyridine rings is 1. The summed E-state index contributed by atoms with van der Waals surface area (Å²) in [6.45, 7) is 8.13. The minimum absolute atomic E-state index is 0.207. The van der Waals surface area contributed by atoms with Crippen LogP contribution in [-0.4, -0.2) is 21.2 Å². The summed E-state index contributed by atoms with van der Waals surface area (Å²) >= 11 is 1.24. The number of thioether (sulfide) groups is 1. The summed E-state index contributed by atoms with van der Waals surface area (Å²) in [6.07, 6.45) is 4.65. The molecule has 0 fully saturated rings. The van der Waals surface area contributed by atoms with Crippen LogP contribution >= 0.6 is 11.8 Å². The maximum absolute atomic E-state index is 11.5. The molecular formula is C17H27NO3S. The topological polar surface area (TPSA) is 67.3 Å². The fourth-order valence-electron chi connectivity index (χ4n) is 1.44. The smallest absolute Gasteiger partial charge is 0.303 e. The lowest BCUT2D eigenvalue weighted by Crippen LogP contribution is -2.02. The number of hydrogen-bond acceptors (Lipinski definition) is 4. The second-order valence-electron chi connectivity index (χ2n) is 5.47. The van der Waals surface area contributed by atoms with Crippen molar-refractivity contribution in [2.75, 3.05) is 0 Å². The molecular weight excluding hydrogens is 298 g/mol. The van der Waals surface area contributed by atoms with Gasteiger partial charge in [0, 0.05) is 19.0 Å². The van der Waals surface area contributed by atoms with Crippen molar-refractivity contribution < 1.29 is 14.7 Å². The number of carboxylic acids is 1. The third kappa shape index (κ3) is 11.3. The quantitative estimate of drug-likeness (QED) is 0.739. The molecule has 0 aliphatic heterocycles. The van der Waals surface area contributed by atoms with Crippen molar-refractivity contribution in [2.45, 2.75) is 58.4 Å². The molecule has 0 amide bonds. The van der Waals surface area contributed by atoms with Crippen LogP contribution in [0.2, 0.25) is 0 Å². The van der Waals surface area contributed by atoms with Crippen LogP contribution in [0.1, 0.15) is 53.4 Å². The van der Waals surface area contributed by atoms with Gasteiger partial charge in [-0.25, -0.2) is 4.98 Å². The van der Waals surface area contributed by atoms with Crippen molar-refractivity contribution in [3.63, 3.8) is 0 Å². The number of carbonyl (C=O) groups excluding carboxylic acids is 1. The second kappa shape index (κ2) is 12.2. The molecule has 0 spiro atoms. The lowest BCUT2D eigenvalue weighted by atomic mass is 10.1. The van der Waals surface area contributed by atoms with E-state index in [0.717, 1.165) is 17.9 Å². The Bertz CT molecular complexity index is 437. The van der Waals surface area contributed by atoms with E-state index in [0.29, 0.717) is 24.7 Å². The molecule has 0 aliphatic rings. The monoisotopic (exact) mass is 325 g/mol. The van der Waals surface area contributed by atoms with Gasteiger partial charge < -0.3 is 5.11 Å². The molecule has 1 aromatic rings. The van der Waals surface area contributed by atoms with E-state index < -0.39 is 5.97 Å². The van der Waals surface area contributed by atoms with Crippen LogP contribution in [-0.2, 0) is 9.59 Å². The van der Waals surface area contributed by atoms with Crippen LogP contribution in [0.25, 0.3) is 0 Å². The Kier molecular flexibility index (Phi) is 11.5. The SMILES string of the molecule is CC[C@H](C)CC(=O)O.CC[C@H](C)CC(=O)Sc1ccccn1. The van der Waals surface area contributed by atoms with Crippen molar-refractivity contribution in [1.82, 2.24) is 4.98 Å². The minimum atomic E-state index is -0.695. The van der Waals surface area contributed by atoms with Gasteiger partial charge in [0.15, 0.2) is 5.12 Å². The Morgan fingerprint density at radius 1 is 1.14 bits per heavy atom. The van der Waals surface area contributed by atoms with Crippen molar-refractivity contribution in [3.05, 3.63) is 24.4 Å². The molecule has 1 N–H and O–H groups in total. The molecule has 0 radical (unpaired) electrons. The van der Waals surface area contributed by atoms with E-state index in [9.17, 15) is 9.59 Å². The zero-order chi connectivity index (χ0) is 17.0. The third-order valence-electron chi connectivity index (χ3n) is 3.29. The van der Waals surface area contributed by atoms with Gasteiger partial charge in [0.2, 0.25) is 0 Å². The summed E-state index contributed by atoms with van der Waals surface area (Å²) in [4.78, 5) is 25.6. The van der Waals surface area contributed by atoms with Gasteiger partial charge in [-0.2, -0.15) is 0 Å². The zero-order valence-electron chi connectivity index (χ0n) is 13.9. The Morgan fingerprint density at radius 3 is 2.14 bits per heavy atom. The van der Waals surface area contributed by atoms with Crippen molar-refractivity contribution in [1.29, 1.82) is 0 Å². The molecule has 1 aromatic heterocycles. The molecule has 1 heterocycles. The molecule has 0 aliphatic carbocycles. The molecule has 0 saturated carbocycles. The van der Waals surface area contributed by atoms with Crippen LogP contribution in [0.3, 0.4) is 0 Å². The molecule has 1 rings (SSSR count). The Morgan fingerprint density at radius 2 is 1.73 bits per heavy atom. The highest BCUT2D eigenvalue weighted by molar-refractivity contribution is 8.13. The maximum Gasteiger partial charge on any atom is 0.303 e. The number of carboxylic acid groups (broad SMARTS) is 1. The number of aromatic nitrogens is 1. The highest BCUT2D eigenvalue weighted by Crippen LogP contribution is 2.20.